The molecule has 0 aliphatic heterocycles. The highest BCUT2D eigenvalue weighted by atomic mass is 16.4. The number of hydrogen-bond donors (Lipinski definition) is 2. The van der Waals surface area contributed by atoms with Gasteiger partial charge < -0.3 is 10.2 Å². The number of carboxylic acid groups (broad SMARTS) is 2. The molecule has 0 aliphatic carbocycles. The van der Waals surface area contributed by atoms with Gasteiger partial charge in [0, 0.05) is 6.42 Å². The number of unbranched alkanes of at least 4 members (excludes halogenated alkanes) is 2. The van der Waals surface area contributed by atoms with E-state index in [1.54, 1.807) is 0 Å². The Bertz CT molecular complexity index is 291. The average molecular weight is 272 g/mol. The van der Waals surface area contributed by atoms with Gasteiger partial charge in [-0.3, -0.25) is 9.59 Å². The molecule has 0 aromatic rings. The van der Waals surface area contributed by atoms with Crippen molar-refractivity contribution in [1.82, 2.24) is 0 Å². The third-order valence-corrected chi connectivity index (χ3v) is 3.34. The number of hydrogen-bond acceptors (Lipinski definition) is 2. The van der Waals surface area contributed by atoms with Gasteiger partial charge in [-0.05, 0) is 30.6 Å². The van der Waals surface area contributed by atoms with E-state index in [2.05, 4.69) is 20.8 Å². The van der Waals surface area contributed by atoms with Crippen LogP contribution < -0.4 is 0 Å². The van der Waals surface area contributed by atoms with Crippen LogP contribution in [0.5, 0.6) is 0 Å². The molecule has 19 heavy (non-hydrogen) atoms. The molecular weight excluding hydrogens is 244 g/mol. The van der Waals surface area contributed by atoms with Crippen molar-refractivity contribution in [2.75, 3.05) is 0 Å². The van der Waals surface area contributed by atoms with Crippen molar-refractivity contribution in [3.05, 3.63) is 0 Å². The summed E-state index contributed by atoms with van der Waals surface area (Å²) in [4.78, 5) is 21.7. The number of rotatable bonds is 9. The second-order valence-corrected chi connectivity index (χ2v) is 6.68. The van der Waals surface area contributed by atoms with Gasteiger partial charge in [0.2, 0.25) is 0 Å². The van der Waals surface area contributed by atoms with Crippen LogP contribution in [0.4, 0.5) is 0 Å². The highest BCUT2D eigenvalue weighted by Gasteiger charge is 2.27. The Balaban J connectivity index is 4.12. The average Bonchev–Trinajstić information content (AvgIpc) is 2.19. The lowest BCUT2D eigenvalue weighted by molar-refractivity contribution is -0.144. The van der Waals surface area contributed by atoms with Crippen LogP contribution >= 0.6 is 0 Å². The van der Waals surface area contributed by atoms with E-state index >= 15 is 0 Å². The van der Waals surface area contributed by atoms with Gasteiger partial charge in [-0.1, -0.05) is 40.5 Å². The summed E-state index contributed by atoms with van der Waals surface area (Å²) < 4.78 is 0. The van der Waals surface area contributed by atoms with Crippen molar-refractivity contribution in [3.8, 4) is 0 Å². The fraction of sp³-hybridized carbons (Fsp3) is 0.867. The van der Waals surface area contributed by atoms with Gasteiger partial charge in [0.05, 0.1) is 5.92 Å². The predicted octanol–water partition coefficient (Wildman–Crippen LogP) is 3.79. The van der Waals surface area contributed by atoms with Crippen molar-refractivity contribution >= 4 is 11.9 Å². The highest BCUT2D eigenvalue weighted by molar-refractivity contribution is 5.70. The highest BCUT2D eigenvalue weighted by Crippen LogP contribution is 2.31. The molecule has 0 rings (SSSR count). The largest absolute Gasteiger partial charge is 0.481 e. The van der Waals surface area contributed by atoms with E-state index in [-0.39, 0.29) is 23.7 Å². The van der Waals surface area contributed by atoms with Gasteiger partial charge in [0.1, 0.15) is 0 Å². The van der Waals surface area contributed by atoms with Crippen molar-refractivity contribution in [2.24, 2.45) is 17.3 Å². The summed E-state index contributed by atoms with van der Waals surface area (Å²) >= 11 is 0. The van der Waals surface area contributed by atoms with Crippen LogP contribution in [0.15, 0.2) is 0 Å². The maximum atomic E-state index is 11.3. The number of aliphatic carboxylic acids is 2. The van der Waals surface area contributed by atoms with Gasteiger partial charge in [0.15, 0.2) is 0 Å². The van der Waals surface area contributed by atoms with E-state index in [1.165, 1.54) is 0 Å². The molecule has 0 saturated heterocycles. The second kappa shape index (κ2) is 8.18. The van der Waals surface area contributed by atoms with E-state index in [0.29, 0.717) is 12.8 Å². The molecule has 2 atom stereocenters. The van der Waals surface area contributed by atoms with Crippen molar-refractivity contribution < 1.29 is 19.8 Å². The van der Waals surface area contributed by atoms with Crippen LogP contribution in [0.3, 0.4) is 0 Å². The Hall–Kier alpha value is -1.06. The normalized spacial score (nSPS) is 14.9. The Morgan fingerprint density at radius 3 is 2.05 bits per heavy atom. The quantitative estimate of drug-likeness (QED) is 0.626. The third kappa shape index (κ3) is 9.51. The zero-order valence-corrected chi connectivity index (χ0v) is 12.6. The molecule has 2 unspecified atom stereocenters. The van der Waals surface area contributed by atoms with Crippen molar-refractivity contribution in [1.29, 1.82) is 0 Å². The first kappa shape index (κ1) is 17.9. The molecule has 0 spiro atoms. The van der Waals surface area contributed by atoms with Crippen LogP contribution in [-0.2, 0) is 9.59 Å². The Morgan fingerprint density at radius 1 is 1.05 bits per heavy atom. The first-order valence-electron chi connectivity index (χ1n) is 7.08. The lowest BCUT2D eigenvalue weighted by Crippen LogP contribution is -2.25. The standard InChI is InChI=1S/C15H28O4/c1-11(10-15(2,3)4)12(14(18)19)8-6-5-7-9-13(16)17/h11-12H,5-10H2,1-4H3,(H,16,17)(H,18,19). The van der Waals surface area contributed by atoms with Crippen LogP contribution in [0.1, 0.15) is 66.2 Å². The molecule has 4 nitrogen and oxygen atoms in total. The summed E-state index contributed by atoms with van der Waals surface area (Å²) in [6, 6.07) is 0. The van der Waals surface area contributed by atoms with Crippen molar-refractivity contribution in [3.63, 3.8) is 0 Å². The van der Waals surface area contributed by atoms with Gasteiger partial charge in [-0.25, -0.2) is 0 Å². The molecule has 2 N–H and O–H groups in total. The minimum absolute atomic E-state index is 0.135. The molecule has 0 aromatic carbocycles. The summed E-state index contributed by atoms with van der Waals surface area (Å²) in [5, 5.41) is 17.8. The Kier molecular flexibility index (Phi) is 7.72. The molecule has 112 valence electrons. The number of carboxylic acids is 2. The summed E-state index contributed by atoms with van der Waals surface area (Å²) in [6.07, 6.45) is 3.92. The van der Waals surface area contributed by atoms with Crippen LogP contribution in [0.2, 0.25) is 0 Å². The predicted molar refractivity (Wildman–Crippen MR) is 75.1 cm³/mol. The first-order valence-corrected chi connectivity index (χ1v) is 7.08. The topological polar surface area (TPSA) is 74.6 Å². The Labute approximate surface area is 116 Å². The van der Waals surface area contributed by atoms with Crippen LogP contribution in [0, 0.1) is 17.3 Å². The molecule has 4 heteroatoms. The van der Waals surface area contributed by atoms with E-state index in [0.717, 1.165) is 19.3 Å². The minimum atomic E-state index is -0.782. The van der Waals surface area contributed by atoms with Crippen LogP contribution in [0.25, 0.3) is 0 Å². The van der Waals surface area contributed by atoms with E-state index in [1.807, 2.05) is 6.92 Å². The van der Waals surface area contributed by atoms with Gasteiger partial charge in [-0.15, -0.1) is 0 Å². The minimum Gasteiger partial charge on any atom is -0.481 e. The molecule has 0 heterocycles. The SMILES string of the molecule is CC(CC(C)(C)C)C(CCCCCC(=O)O)C(=O)O. The summed E-state index contributed by atoms with van der Waals surface area (Å²) in [7, 11) is 0. The van der Waals surface area contributed by atoms with Gasteiger partial charge >= 0.3 is 11.9 Å². The molecule has 0 aliphatic rings. The van der Waals surface area contributed by atoms with Crippen LogP contribution in [-0.4, -0.2) is 22.2 Å². The zero-order valence-electron chi connectivity index (χ0n) is 12.6. The molecule has 0 bridgehead atoms. The molecule has 0 fully saturated rings. The summed E-state index contributed by atoms with van der Waals surface area (Å²) in [5.74, 6) is -1.67. The molecular formula is C15H28O4. The summed E-state index contributed by atoms with van der Waals surface area (Å²) in [6.45, 7) is 8.36. The zero-order chi connectivity index (χ0) is 15.1. The molecule has 0 radical (unpaired) electrons. The molecule has 0 aromatic heterocycles. The lowest BCUT2D eigenvalue weighted by atomic mass is 9.78. The smallest absolute Gasteiger partial charge is 0.306 e. The maximum absolute atomic E-state index is 11.3. The third-order valence-electron chi connectivity index (χ3n) is 3.34. The summed E-state index contributed by atoms with van der Waals surface area (Å²) in [5.41, 5.74) is 0.135. The van der Waals surface area contributed by atoms with E-state index < -0.39 is 11.9 Å². The fourth-order valence-electron chi connectivity index (χ4n) is 2.58. The van der Waals surface area contributed by atoms with E-state index in [9.17, 15) is 14.7 Å². The fourth-order valence-corrected chi connectivity index (χ4v) is 2.58. The van der Waals surface area contributed by atoms with Gasteiger partial charge in [0.25, 0.3) is 0 Å². The second-order valence-electron chi connectivity index (χ2n) is 6.68. The lowest BCUT2D eigenvalue weighted by Gasteiger charge is -2.27. The van der Waals surface area contributed by atoms with E-state index in [4.69, 9.17) is 5.11 Å². The number of carbonyl (C=O) groups is 2. The van der Waals surface area contributed by atoms with Gasteiger partial charge in [-0.2, -0.15) is 0 Å². The first-order chi connectivity index (χ1) is 8.63. The maximum Gasteiger partial charge on any atom is 0.306 e. The monoisotopic (exact) mass is 272 g/mol. The molecule has 0 amide bonds. The Morgan fingerprint density at radius 2 is 1.63 bits per heavy atom. The van der Waals surface area contributed by atoms with Crippen molar-refractivity contribution in [2.45, 2.75) is 66.2 Å². The molecule has 0 saturated carbocycles.